The Balaban J connectivity index is 2.80. The third-order valence-electron chi connectivity index (χ3n) is 0.475. The summed E-state index contributed by atoms with van der Waals surface area (Å²) in [5, 5.41) is 0. The first kappa shape index (κ1) is 7.85. The van der Waals surface area contributed by atoms with Crippen molar-refractivity contribution in [2.45, 2.75) is 0 Å². The maximum atomic E-state index is 4.75. The lowest BCUT2D eigenvalue weighted by molar-refractivity contribution is 0.0198. The molecule has 0 aromatic rings. The maximum Gasteiger partial charge on any atom is 0.187 e. The summed E-state index contributed by atoms with van der Waals surface area (Å²) in [7, 11) is 1.57. The van der Waals surface area contributed by atoms with Gasteiger partial charge in [-0.15, -0.1) is 0 Å². The molecule has 8 heavy (non-hydrogen) atoms. The molecule has 0 saturated carbocycles. The molecule has 0 rings (SSSR count). The quantitative estimate of drug-likeness (QED) is 0.327. The minimum atomic E-state index is 0.297. The molecule has 0 saturated heterocycles. The van der Waals surface area contributed by atoms with Crippen LogP contribution in [0.3, 0.4) is 0 Å². The average Bonchev–Trinajstić information content (AvgIpc) is 1.81. The van der Waals surface area contributed by atoms with Crippen molar-refractivity contribution in [1.29, 1.82) is 0 Å². The third kappa shape index (κ3) is 5.85. The van der Waals surface area contributed by atoms with E-state index in [1.54, 1.807) is 13.2 Å². The zero-order valence-electron chi connectivity index (χ0n) is 4.79. The molecule has 0 atom stereocenters. The standard InChI is InChI=1S/C5H9O2S/c1-6-5-7-3-2-4-8/h2-3H,4-5H2,1H3. The van der Waals surface area contributed by atoms with Crippen LogP contribution in [0.2, 0.25) is 0 Å². The Morgan fingerprint density at radius 1 is 1.62 bits per heavy atom. The Morgan fingerprint density at radius 2 is 2.38 bits per heavy atom. The number of hydrogen-bond donors (Lipinski definition) is 0. The predicted molar refractivity (Wildman–Crippen MR) is 34.6 cm³/mol. The molecule has 0 N–H and O–H groups in total. The van der Waals surface area contributed by atoms with Crippen molar-refractivity contribution >= 4 is 12.6 Å². The number of ether oxygens (including phenoxy) is 2. The number of methoxy groups -OCH3 is 1. The third-order valence-corrected chi connectivity index (χ3v) is 0.667. The number of rotatable bonds is 4. The summed E-state index contributed by atoms with van der Waals surface area (Å²) in [6.45, 7) is 0.297. The topological polar surface area (TPSA) is 18.5 Å². The first-order valence-corrected chi connectivity index (χ1v) is 2.83. The second-order valence-corrected chi connectivity index (χ2v) is 1.44. The highest BCUT2D eigenvalue weighted by Crippen LogP contribution is 1.79. The highest BCUT2D eigenvalue weighted by Gasteiger charge is 1.71. The van der Waals surface area contributed by atoms with Crippen molar-refractivity contribution < 1.29 is 9.47 Å². The SMILES string of the molecule is COCOC=CC[S]. The Morgan fingerprint density at radius 3 is 2.88 bits per heavy atom. The lowest BCUT2D eigenvalue weighted by Gasteiger charge is -1.93. The minimum Gasteiger partial charge on any atom is -0.475 e. The van der Waals surface area contributed by atoms with Crippen molar-refractivity contribution in [3.63, 3.8) is 0 Å². The summed E-state index contributed by atoms with van der Waals surface area (Å²) in [5.74, 6) is 0.587. The molecular weight excluding hydrogens is 124 g/mol. The lowest BCUT2D eigenvalue weighted by atomic mass is 10.7. The molecule has 1 radical (unpaired) electrons. The largest absolute Gasteiger partial charge is 0.475 e. The van der Waals surface area contributed by atoms with Crippen molar-refractivity contribution in [2.75, 3.05) is 19.7 Å². The van der Waals surface area contributed by atoms with Crippen LogP contribution < -0.4 is 0 Å². The molecule has 2 nitrogen and oxygen atoms in total. The molecule has 3 heteroatoms. The maximum absolute atomic E-state index is 4.75. The van der Waals surface area contributed by atoms with Gasteiger partial charge in [-0.25, -0.2) is 0 Å². The molecule has 0 aliphatic carbocycles. The van der Waals surface area contributed by atoms with Gasteiger partial charge in [-0.05, 0) is 6.08 Å². The Kier molecular flexibility index (Phi) is 6.72. The van der Waals surface area contributed by atoms with E-state index in [4.69, 9.17) is 4.74 Å². The van der Waals surface area contributed by atoms with E-state index in [1.807, 2.05) is 0 Å². The first-order valence-electron chi connectivity index (χ1n) is 2.25. The van der Waals surface area contributed by atoms with Gasteiger partial charge in [0.25, 0.3) is 0 Å². The molecule has 0 amide bonds. The van der Waals surface area contributed by atoms with Crippen LogP contribution in [0.25, 0.3) is 0 Å². The van der Waals surface area contributed by atoms with Crippen molar-refractivity contribution in [3.8, 4) is 0 Å². The predicted octanol–water partition coefficient (Wildman–Crippen LogP) is 1.32. The Hall–Kier alpha value is -0.150. The molecule has 0 aliphatic heterocycles. The second kappa shape index (κ2) is 6.85. The van der Waals surface area contributed by atoms with E-state index in [0.29, 0.717) is 12.5 Å². The van der Waals surface area contributed by atoms with Crippen LogP contribution in [0.4, 0.5) is 0 Å². The van der Waals surface area contributed by atoms with E-state index in [-0.39, 0.29) is 0 Å². The van der Waals surface area contributed by atoms with Gasteiger partial charge in [0.2, 0.25) is 0 Å². The molecule has 0 unspecified atom stereocenters. The summed E-state index contributed by atoms with van der Waals surface area (Å²) in [6, 6.07) is 0. The zero-order chi connectivity index (χ0) is 6.24. The zero-order valence-corrected chi connectivity index (χ0v) is 5.61. The Bertz CT molecular complexity index is 63.4. The van der Waals surface area contributed by atoms with Gasteiger partial charge in [-0.2, -0.15) is 0 Å². The van der Waals surface area contributed by atoms with Gasteiger partial charge < -0.3 is 9.47 Å². The lowest BCUT2D eigenvalue weighted by Crippen LogP contribution is -1.87. The molecule has 0 fully saturated rings. The summed E-state index contributed by atoms with van der Waals surface area (Å²) in [6.07, 6.45) is 3.28. The molecule has 0 bridgehead atoms. The van der Waals surface area contributed by atoms with Crippen LogP contribution in [0.1, 0.15) is 0 Å². The van der Waals surface area contributed by atoms with Crippen LogP contribution in [0.15, 0.2) is 12.3 Å². The van der Waals surface area contributed by atoms with Crippen LogP contribution >= 0.6 is 12.6 Å². The van der Waals surface area contributed by atoms with E-state index in [1.165, 1.54) is 6.26 Å². The fourth-order valence-corrected chi connectivity index (χ4v) is 0.293. The van der Waals surface area contributed by atoms with Crippen molar-refractivity contribution in [3.05, 3.63) is 12.3 Å². The fourth-order valence-electron chi connectivity index (χ4n) is 0.215. The molecular formula is C5H9O2S. The smallest absolute Gasteiger partial charge is 0.187 e. The van der Waals surface area contributed by atoms with Crippen molar-refractivity contribution in [2.24, 2.45) is 0 Å². The monoisotopic (exact) mass is 133 g/mol. The average molecular weight is 133 g/mol. The van der Waals surface area contributed by atoms with E-state index in [0.717, 1.165) is 0 Å². The summed E-state index contributed by atoms with van der Waals surface area (Å²) in [5.41, 5.74) is 0. The van der Waals surface area contributed by atoms with Crippen molar-refractivity contribution in [1.82, 2.24) is 0 Å². The van der Waals surface area contributed by atoms with Gasteiger partial charge in [-0.1, -0.05) is 12.6 Å². The normalized spacial score (nSPS) is 10.2. The molecule has 0 aromatic carbocycles. The molecule has 0 heterocycles. The van der Waals surface area contributed by atoms with Gasteiger partial charge in [0.1, 0.15) is 0 Å². The van der Waals surface area contributed by atoms with Gasteiger partial charge in [0, 0.05) is 12.9 Å². The highest BCUT2D eigenvalue weighted by atomic mass is 32.1. The van der Waals surface area contributed by atoms with E-state index >= 15 is 0 Å². The van der Waals surface area contributed by atoms with E-state index < -0.39 is 0 Å². The fraction of sp³-hybridized carbons (Fsp3) is 0.600. The molecule has 0 aliphatic rings. The number of hydrogen-bond acceptors (Lipinski definition) is 2. The van der Waals surface area contributed by atoms with Gasteiger partial charge in [0.05, 0.1) is 6.26 Å². The van der Waals surface area contributed by atoms with E-state index in [9.17, 15) is 0 Å². The summed E-state index contributed by atoms with van der Waals surface area (Å²) in [4.78, 5) is 0. The van der Waals surface area contributed by atoms with Gasteiger partial charge in [-0.3, -0.25) is 0 Å². The highest BCUT2D eigenvalue weighted by molar-refractivity contribution is 7.80. The minimum absolute atomic E-state index is 0.297. The van der Waals surface area contributed by atoms with Gasteiger partial charge in [0.15, 0.2) is 6.79 Å². The Labute approximate surface area is 54.9 Å². The van der Waals surface area contributed by atoms with Crippen LogP contribution in [-0.4, -0.2) is 19.7 Å². The first-order chi connectivity index (χ1) is 3.91. The van der Waals surface area contributed by atoms with Crippen LogP contribution in [-0.2, 0) is 9.47 Å². The van der Waals surface area contributed by atoms with E-state index in [2.05, 4.69) is 17.4 Å². The molecule has 47 valence electrons. The summed E-state index contributed by atoms with van der Waals surface area (Å²) >= 11 is 4.59. The molecule has 0 aromatic heterocycles. The summed E-state index contributed by atoms with van der Waals surface area (Å²) < 4.78 is 9.33. The second-order valence-electron chi connectivity index (χ2n) is 1.11. The van der Waals surface area contributed by atoms with Crippen LogP contribution in [0, 0.1) is 0 Å². The van der Waals surface area contributed by atoms with Crippen LogP contribution in [0.5, 0.6) is 0 Å². The molecule has 0 spiro atoms. The van der Waals surface area contributed by atoms with Gasteiger partial charge >= 0.3 is 0 Å².